The number of aromatic nitrogens is 3. The molecular weight excluding hydrogens is 370 g/mol. The lowest BCUT2D eigenvalue weighted by Gasteiger charge is -2.34. The summed E-state index contributed by atoms with van der Waals surface area (Å²) in [5.74, 6) is 0.0446. The molecule has 0 N–H and O–H groups in total. The quantitative estimate of drug-likeness (QED) is 0.685. The van der Waals surface area contributed by atoms with Gasteiger partial charge in [-0.3, -0.25) is 9.48 Å². The van der Waals surface area contributed by atoms with Crippen molar-refractivity contribution in [1.82, 2.24) is 19.7 Å². The maximum atomic E-state index is 12.8. The van der Waals surface area contributed by atoms with Gasteiger partial charge in [0.15, 0.2) is 5.13 Å². The topological polar surface area (TPSA) is 54.3 Å². The third-order valence-corrected chi connectivity index (χ3v) is 5.96. The van der Waals surface area contributed by atoms with E-state index in [1.54, 1.807) is 28.3 Å². The Bertz CT molecular complexity index is 942. The number of hydrogen-bond donors (Lipinski definition) is 0. The highest BCUT2D eigenvalue weighted by atomic mass is 35.5. The molecule has 8 heteroatoms. The van der Waals surface area contributed by atoms with E-state index in [-0.39, 0.29) is 11.9 Å². The molecule has 0 bridgehead atoms. The number of nitrogens with zero attached hydrogens (tertiary/aromatic N) is 5. The van der Waals surface area contributed by atoms with E-state index in [1.807, 2.05) is 36.9 Å². The van der Waals surface area contributed by atoms with Crippen LogP contribution in [0.4, 0.5) is 5.13 Å². The summed E-state index contributed by atoms with van der Waals surface area (Å²) in [5.41, 5.74) is 1.51. The molecule has 0 saturated carbocycles. The van der Waals surface area contributed by atoms with Gasteiger partial charge in [-0.2, -0.15) is 5.10 Å². The van der Waals surface area contributed by atoms with Gasteiger partial charge in [0.2, 0.25) is 0 Å². The van der Waals surface area contributed by atoms with Crippen LogP contribution in [0.25, 0.3) is 10.2 Å². The molecule has 6 nitrogen and oxygen atoms in total. The second-order valence-electron chi connectivity index (χ2n) is 6.62. The molecule has 26 heavy (non-hydrogen) atoms. The number of hydrogen-bond acceptors (Lipinski definition) is 5. The number of carbonyl (C=O) groups is 1. The Labute approximate surface area is 161 Å². The number of thiazole rings is 1. The molecule has 3 aromatic rings. The molecule has 0 radical (unpaired) electrons. The van der Waals surface area contributed by atoms with Crippen molar-refractivity contribution >= 4 is 44.2 Å². The fourth-order valence-corrected chi connectivity index (χ4v) is 4.51. The first-order chi connectivity index (χ1) is 12.5. The van der Waals surface area contributed by atoms with Crippen LogP contribution in [0.2, 0.25) is 5.02 Å². The molecule has 1 aliphatic heterocycles. The number of benzene rings is 1. The number of anilines is 1. The molecular formula is C18H20ClN5OS. The summed E-state index contributed by atoms with van der Waals surface area (Å²) in [6.45, 7) is 6.93. The predicted octanol–water partition coefficient (Wildman–Crippen LogP) is 3.69. The number of halogens is 1. The van der Waals surface area contributed by atoms with E-state index in [9.17, 15) is 4.79 Å². The van der Waals surface area contributed by atoms with Crippen molar-refractivity contribution in [3.8, 4) is 0 Å². The van der Waals surface area contributed by atoms with E-state index >= 15 is 0 Å². The Hall–Kier alpha value is -2.12. The third-order valence-electron chi connectivity index (χ3n) is 4.57. The van der Waals surface area contributed by atoms with E-state index < -0.39 is 0 Å². The minimum atomic E-state index is 0.0446. The van der Waals surface area contributed by atoms with Crippen molar-refractivity contribution in [2.75, 3.05) is 31.1 Å². The third kappa shape index (κ3) is 3.05. The van der Waals surface area contributed by atoms with Crippen LogP contribution in [0.5, 0.6) is 0 Å². The smallest absolute Gasteiger partial charge is 0.272 e. The van der Waals surface area contributed by atoms with Crippen LogP contribution >= 0.6 is 22.9 Å². The summed E-state index contributed by atoms with van der Waals surface area (Å²) in [7, 11) is 0. The Morgan fingerprint density at radius 3 is 2.65 bits per heavy atom. The molecule has 4 rings (SSSR count). The second-order valence-corrected chi connectivity index (χ2v) is 8.03. The molecule has 1 amide bonds. The van der Waals surface area contributed by atoms with Crippen molar-refractivity contribution in [3.63, 3.8) is 0 Å². The molecule has 1 saturated heterocycles. The Balaban J connectivity index is 1.47. The molecule has 3 heterocycles. The fraction of sp³-hybridized carbons (Fsp3) is 0.389. The van der Waals surface area contributed by atoms with Crippen LogP contribution in [-0.2, 0) is 0 Å². The van der Waals surface area contributed by atoms with Crippen LogP contribution in [0.15, 0.2) is 30.5 Å². The number of piperazine rings is 1. The Morgan fingerprint density at radius 1 is 1.19 bits per heavy atom. The summed E-state index contributed by atoms with van der Waals surface area (Å²) in [4.78, 5) is 21.6. The van der Waals surface area contributed by atoms with E-state index in [4.69, 9.17) is 11.6 Å². The second kappa shape index (κ2) is 6.89. The average molecular weight is 390 g/mol. The summed E-state index contributed by atoms with van der Waals surface area (Å²) in [6.07, 6.45) is 1.69. The molecule has 1 aromatic carbocycles. The van der Waals surface area contributed by atoms with E-state index in [2.05, 4.69) is 15.0 Å². The number of amides is 1. The van der Waals surface area contributed by atoms with Gasteiger partial charge in [0, 0.05) is 38.4 Å². The molecule has 0 atom stereocenters. The minimum Gasteiger partial charge on any atom is -0.345 e. The largest absolute Gasteiger partial charge is 0.345 e. The van der Waals surface area contributed by atoms with Crippen LogP contribution < -0.4 is 4.90 Å². The monoisotopic (exact) mass is 389 g/mol. The summed E-state index contributed by atoms with van der Waals surface area (Å²) < 4.78 is 2.87. The Morgan fingerprint density at radius 2 is 1.96 bits per heavy atom. The lowest BCUT2D eigenvalue weighted by atomic mass is 10.2. The standard InChI is InChI=1S/C18H20ClN5OS/c1-12(2)24-14(6-7-20-24)17(25)22-8-10-23(11-9-22)18-21-16-13(19)4-3-5-15(16)26-18/h3-7,12H,8-11H2,1-2H3. The van der Waals surface area contributed by atoms with Gasteiger partial charge in [0.1, 0.15) is 11.2 Å². The number of fused-ring (bicyclic) bond motifs is 1. The van der Waals surface area contributed by atoms with Crippen molar-refractivity contribution in [2.24, 2.45) is 0 Å². The maximum absolute atomic E-state index is 12.8. The first-order valence-corrected chi connectivity index (χ1v) is 9.87. The molecule has 1 aliphatic rings. The van der Waals surface area contributed by atoms with Crippen molar-refractivity contribution < 1.29 is 4.79 Å². The fourth-order valence-electron chi connectivity index (χ4n) is 3.20. The zero-order valence-electron chi connectivity index (χ0n) is 14.7. The average Bonchev–Trinajstić information content (AvgIpc) is 3.29. The van der Waals surface area contributed by atoms with Crippen LogP contribution in [-0.4, -0.2) is 51.8 Å². The predicted molar refractivity (Wildman–Crippen MR) is 105 cm³/mol. The zero-order chi connectivity index (χ0) is 18.3. The lowest BCUT2D eigenvalue weighted by Crippen LogP contribution is -2.49. The number of para-hydroxylation sites is 1. The van der Waals surface area contributed by atoms with Crippen LogP contribution in [0, 0.1) is 0 Å². The zero-order valence-corrected chi connectivity index (χ0v) is 16.3. The van der Waals surface area contributed by atoms with E-state index in [1.165, 1.54) is 0 Å². The van der Waals surface area contributed by atoms with E-state index in [0.717, 1.165) is 28.4 Å². The normalized spacial score (nSPS) is 15.2. The first-order valence-electron chi connectivity index (χ1n) is 8.67. The van der Waals surface area contributed by atoms with E-state index in [0.29, 0.717) is 23.8 Å². The van der Waals surface area contributed by atoms with Gasteiger partial charge >= 0.3 is 0 Å². The van der Waals surface area contributed by atoms with Crippen molar-refractivity contribution in [1.29, 1.82) is 0 Å². The highest BCUT2D eigenvalue weighted by Gasteiger charge is 2.26. The Kier molecular flexibility index (Phi) is 4.58. The molecule has 0 aliphatic carbocycles. The molecule has 1 fully saturated rings. The lowest BCUT2D eigenvalue weighted by molar-refractivity contribution is 0.0732. The molecule has 136 valence electrons. The summed E-state index contributed by atoms with van der Waals surface area (Å²) in [6, 6.07) is 7.81. The van der Waals surface area contributed by atoms with Gasteiger partial charge in [-0.05, 0) is 32.0 Å². The molecule has 0 spiro atoms. The van der Waals surface area contributed by atoms with Gasteiger partial charge < -0.3 is 9.80 Å². The maximum Gasteiger partial charge on any atom is 0.272 e. The van der Waals surface area contributed by atoms with Gasteiger partial charge in [-0.1, -0.05) is 29.0 Å². The van der Waals surface area contributed by atoms with Crippen molar-refractivity contribution in [3.05, 3.63) is 41.2 Å². The van der Waals surface area contributed by atoms with Crippen LogP contribution in [0.1, 0.15) is 30.4 Å². The van der Waals surface area contributed by atoms with Gasteiger partial charge in [0.25, 0.3) is 5.91 Å². The summed E-state index contributed by atoms with van der Waals surface area (Å²) >= 11 is 7.88. The molecule has 2 aromatic heterocycles. The number of rotatable bonds is 3. The SMILES string of the molecule is CC(C)n1nccc1C(=O)N1CCN(c2nc3c(Cl)cccc3s2)CC1. The van der Waals surface area contributed by atoms with Crippen molar-refractivity contribution in [2.45, 2.75) is 19.9 Å². The number of carbonyl (C=O) groups excluding carboxylic acids is 1. The van der Waals surface area contributed by atoms with Gasteiger partial charge in [-0.15, -0.1) is 0 Å². The van der Waals surface area contributed by atoms with Crippen LogP contribution in [0.3, 0.4) is 0 Å². The highest BCUT2D eigenvalue weighted by molar-refractivity contribution is 7.22. The van der Waals surface area contributed by atoms with Gasteiger partial charge in [0.05, 0.1) is 9.72 Å². The minimum absolute atomic E-state index is 0.0446. The summed E-state index contributed by atoms with van der Waals surface area (Å²) in [5, 5.41) is 5.91. The molecule has 0 unspecified atom stereocenters. The first kappa shape index (κ1) is 17.3. The highest BCUT2D eigenvalue weighted by Crippen LogP contribution is 2.33. The van der Waals surface area contributed by atoms with Gasteiger partial charge in [-0.25, -0.2) is 4.98 Å².